The summed E-state index contributed by atoms with van der Waals surface area (Å²) in [7, 11) is 1.90. The lowest BCUT2D eigenvalue weighted by molar-refractivity contribution is 0.291. The van der Waals surface area contributed by atoms with Crippen LogP contribution in [0.25, 0.3) is 0 Å². The molecule has 0 radical (unpaired) electrons. The molecule has 2 aromatic rings. The second-order valence-corrected chi connectivity index (χ2v) is 5.32. The zero-order valence-corrected chi connectivity index (χ0v) is 12.3. The minimum Gasteiger partial charge on any atom is -0.486 e. The molecule has 108 valence electrons. The Balaban J connectivity index is 1.81. The van der Waals surface area contributed by atoms with Gasteiger partial charge in [-0.1, -0.05) is 26.0 Å². The minimum atomic E-state index is 0.432. The molecule has 0 bridgehead atoms. The molecular formula is C15H22N4O. The molecule has 1 N–H and O–H groups in total. The Bertz CT molecular complexity index is 519. The van der Waals surface area contributed by atoms with Crippen molar-refractivity contribution in [1.82, 2.24) is 20.1 Å². The summed E-state index contributed by atoms with van der Waals surface area (Å²) in [6.07, 6.45) is 1.67. The summed E-state index contributed by atoms with van der Waals surface area (Å²) in [4.78, 5) is 0. The highest BCUT2D eigenvalue weighted by molar-refractivity contribution is 5.27. The van der Waals surface area contributed by atoms with Gasteiger partial charge in [-0.15, -0.1) is 10.2 Å². The van der Waals surface area contributed by atoms with E-state index in [-0.39, 0.29) is 0 Å². The number of hydrogen-bond acceptors (Lipinski definition) is 4. The van der Waals surface area contributed by atoms with Crippen molar-refractivity contribution in [1.29, 1.82) is 0 Å². The van der Waals surface area contributed by atoms with Gasteiger partial charge in [0.1, 0.15) is 18.7 Å². The molecule has 20 heavy (non-hydrogen) atoms. The normalized spacial score (nSPS) is 11.0. The Labute approximate surface area is 120 Å². The number of ether oxygens (including phenoxy) is 1. The maximum Gasteiger partial charge on any atom is 0.170 e. The Hall–Kier alpha value is -1.88. The lowest BCUT2D eigenvalue weighted by Gasteiger charge is -2.09. The molecule has 2 rings (SSSR count). The van der Waals surface area contributed by atoms with Gasteiger partial charge in [-0.3, -0.25) is 0 Å². The molecule has 5 heteroatoms. The van der Waals surface area contributed by atoms with E-state index in [9.17, 15) is 0 Å². The minimum absolute atomic E-state index is 0.432. The number of hydrogen-bond donors (Lipinski definition) is 1. The first-order chi connectivity index (χ1) is 9.65. The number of nitrogens with zero attached hydrogens (tertiary/aromatic N) is 3. The lowest BCUT2D eigenvalue weighted by atomic mass is 10.2. The molecule has 0 spiro atoms. The first-order valence-electron chi connectivity index (χ1n) is 6.90. The molecule has 0 fully saturated rings. The van der Waals surface area contributed by atoms with Crippen LogP contribution in [0.1, 0.15) is 25.2 Å². The standard InChI is InChI=1S/C15H22N4O/c1-12(2)8-16-9-13-4-6-14(7-5-13)20-10-15-18-17-11-19(15)3/h4-7,11-12,16H,8-10H2,1-3H3. The van der Waals surface area contributed by atoms with E-state index in [0.717, 1.165) is 24.7 Å². The van der Waals surface area contributed by atoms with Crippen LogP contribution in [0.3, 0.4) is 0 Å². The Morgan fingerprint density at radius 2 is 2.00 bits per heavy atom. The monoisotopic (exact) mass is 274 g/mol. The van der Waals surface area contributed by atoms with Gasteiger partial charge in [0.25, 0.3) is 0 Å². The summed E-state index contributed by atoms with van der Waals surface area (Å²) in [6.45, 7) is 6.76. The van der Waals surface area contributed by atoms with Crippen LogP contribution in [-0.4, -0.2) is 21.3 Å². The zero-order chi connectivity index (χ0) is 14.4. The molecule has 0 aliphatic heterocycles. The number of aryl methyl sites for hydroxylation is 1. The summed E-state index contributed by atoms with van der Waals surface area (Å²) < 4.78 is 7.54. The lowest BCUT2D eigenvalue weighted by Crippen LogP contribution is -2.18. The van der Waals surface area contributed by atoms with Crippen LogP contribution in [0.2, 0.25) is 0 Å². The van der Waals surface area contributed by atoms with Crippen molar-refractivity contribution in [3.05, 3.63) is 42.0 Å². The Morgan fingerprint density at radius 3 is 2.60 bits per heavy atom. The van der Waals surface area contributed by atoms with E-state index in [1.807, 2.05) is 23.7 Å². The fourth-order valence-electron chi connectivity index (χ4n) is 1.79. The van der Waals surface area contributed by atoms with Crippen molar-refractivity contribution in [2.75, 3.05) is 6.54 Å². The molecule has 0 unspecified atom stereocenters. The van der Waals surface area contributed by atoms with E-state index < -0.39 is 0 Å². The first kappa shape index (κ1) is 14.5. The van der Waals surface area contributed by atoms with Gasteiger partial charge >= 0.3 is 0 Å². The van der Waals surface area contributed by atoms with Crippen LogP contribution in [0.4, 0.5) is 0 Å². The highest BCUT2D eigenvalue weighted by Gasteiger charge is 2.02. The van der Waals surface area contributed by atoms with Crippen LogP contribution < -0.4 is 10.1 Å². The summed E-state index contributed by atoms with van der Waals surface area (Å²) in [5.74, 6) is 2.33. The third-order valence-electron chi connectivity index (χ3n) is 2.98. The first-order valence-corrected chi connectivity index (χ1v) is 6.90. The second-order valence-electron chi connectivity index (χ2n) is 5.32. The van der Waals surface area contributed by atoms with Gasteiger partial charge < -0.3 is 14.6 Å². The second kappa shape index (κ2) is 7.05. The van der Waals surface area contributed by atoms with Gasteiger partial charge in [-0.05, 0) is 30.2 Å². The fourth-order valence-corrected chi connectivity index (χ4v) is 1.79. The molecule has 1 heterocycles. The number of benzene rings is 1. The topological polar surface area (TPSA) is 52.0 Å². The Kier molecular flexibility index (Phi) is 5.12. The molecule has 5 nitrogen and oxygen atoms in total. The number of rotatable bonds is 7. The predicted octanol–water partition coefficient (Wildman–Crippen LogP) is 2.14. The van der Waals surface area contributed by atoms with Gasteiger partial charge in [0.2, 0.25) is 0 Å². The predicted molar refractivity (Wildman–Crippen MR) is 78.3 cm³/mol. The van der Waals surface area contributed by atoms with Crippen LogP contribution in [-0.2, 0) is 20.2 Å². The molecule has 0 saturated heterocycles. The highest BCUT2D eigenvalue weighted by atomic mass is 16.5. The molecule has 0 aliphatic carbocycles. The average molecular weight is 274 g/mol. The maximum atomic E-state index is 5.69. The smallest absolute Gasteiger partial charge is 0.170 e. The number of aromatic nitrogens is 3. The van der Waals surface area contributed by atoms with Crippen LogP contribution in [0, 0.1) is 5.92 Å². The zero-order valence-electron chi connectivity index (χ0n) is 12.3. The average Bonchev–Trinajstić information content (AvgIpc) is 2.83. The van der Waals surface area contributed by atoms with Crippen LogP contribution in [0.15, 0.2) is 30.6 Å². The van der Waals surface area contributed by atoms with E-state index in [2.05, 4.69) is 41.5 Å². The molecule has 0 atom stereocenters. The van der Waals surface area contributed by atoms with E-state index in [1.54, 1.807) is 6.33 Å². The van der Waals surface area contributed by atoms with E-state index in [4.69, 9.17) is 4.74 Å². The fraction of sp³-hybridized carbons (Fsp3) is 0.467. The third kappa shape index (κ3) is 4.35. The molecular weight excluding hydrogens is 252 g/mol. The van der Waals surface area contributed by atoms with Crippen LogP contribution in [0.5, 0.6) is 5.75 Å². The van der Waals surface area contributed by atoms with Crippen molar-refractivity contribution in [3.63, 3.8) is 0 Å². The largest absolute Gasteiger partial charge is 0.486 e. The molecule has 1 aromatic carbocycles. The van der Waals surface area contributed by atoms with Gasteiger partial charge in [-0.2, -0.15) is 0 Å². The van der Waals surface area contributed by atoms with Crippen molar-refractivity contribution in [3.8, 4) is 5.75 Å². The molecule has 1 aromatic heterocycles. The molecule has 0 aliphatic rings. The summed E-state index contributed by atoms with van der Waals surface area (Å²) in [6, 6.07) is 8.14. The van der Waals surface area contributed by atoms with Gasteiger partial charge in [0, 0.05) is 13.6 Å². The molecule has 0 amide bonds. The summed E-state index contributed by atoms with van der Waals surface area (Å²) in [5.41, 5.74) is 1.26. The summed E-state index contributed by atoms with van der Waals surface area (Å²) >= 11 is 0. The maximum absolute atomic E-state index is 5.69. The van der Waals surface area contributed by atoms with Crippen molar-refractivity contribution >= 4 is 0 Å². The van der Waals surface area contributed by atoms with E-state index in [1.165, 1.54) is 5.56 Å². The van der Waals surface area contributed by atoms with E-state index >= 15 is 0 Å². The number of nitrogens with one attached hydrogen (secondary N) is 1. The summed E-state index contributed by atoms with van der Waals surface area (Å²) in [5, 5.41) is 11.2. The van der Waals surface area contributed by atoms with Crippen LogP contribution >= 0.6 is 0 Å². The van der Waals surface area contributed by atoms with Gasteiger partial charge in [-0.25, -0.2) is 0 Å². The molecule has 0 saturated carbocycles. The Morgan fingerprint density at radius 1 is 1.25 bits per heavy atom. The van der Waals surface area contributed by atoms with Gasteiger partial charge in [0.05, 0.1) is 0 Å². The SMILES string of the molecule is CC(C)CNCc1ccc(OCc2nncn2C)cc1. The quantitative estimate of drug-likeness (QED) is 0.840. The van der Waals surface area contributed by atoms with Crippen molar-refractivity contribution in [2.24, 2.45) is 13.0 Å². The van der Waals surface area contributed by atoms with Crippen molar-refractivity contribution in [2.45, 2.75) is 27.0 Å². The third-order valence-corrected chi connectivity index (χ3v) is 2.98. The highest BCUT2D eigenvalue weighted by Crippen LogP contribution is 2.13. The van der Waals surface area contributed by atoms with E-state index in [0.29, 0.717) is 12.5 Å². The van der Waals surface area contributed by atoms with Crippen molar-refractivity contribution < 1.29 is 4.74 Å². The van der Waals surface area contributed by atoms with Gasteiger partial charge in [0.15, 0.2) is 5.82 Å².